The lowest BCUT2D eigenvalue weighted by atomic mass is 9.92. The molecule has 1 aromatic rings. The van der Waals surface area contributed by atoms with Crippen LogP contribution in [-0.4, -0.2) is 41.6 Å². The van der Waals surface area contributed by atoms with Crippen molar-refractivity contribution in [3.05, 3.63) is 29.8 Å². The molecule has 114 valence electrons. The van der Waals surface area contributed by atoms with E-state index in [0.29, 0.717) is 19.4 Å². The molecule has 2 unspecified atom stereocenters. The predicted octanol–water partition coefficient (Wildman–Crippen LogP) is 2.74. The van der Waals surface area contributed by atoms with E-state index >= 15 is 0 Å². The van der Waals surface area contributed by atoms with Crippen LogP contribution in [0, 0.1) is 12.8 Å². The molecule has 5 heteroatoms. The number of aliphatic carboxylic acids is 1. The van der Waals surface area contributed by atoms with E-state index in [0.717, 1.165) is 11.3 Å². The monoisotopic (exact) mass is 290 g/mol. The Kier molecular flexibility index (Phi) is 4.50. The molecule has 1 saturated heterocycles. The number of piperidine rings is 1. The Balaban J connectivity index is 2.08. The van der Waals surface area contributed by atoms with Gasteiger partial charge in [0.1, 0.15) is 0 Å². The third-order valence-electron chi connectivity index (χ3n) is 4.15. The molecule has 2 atom stereocenters. The fourth-order valence-corrected chi connectivity index (χ4v) is 2.82. The zero-order valence-electron chi connectivity index (χ0n) is 12.7. The van der Waals surface area contributed by atoms with Gasteiger partial charge in [0, 0.05) is 25.3 Å². The normalized spacial score (nSPS) is 22.0. The molecule has 1 aliphatic heterocycles. The van der Waals surface area contributed by atoms with Crippen LogP contribution < -0.4 is 4.90 Å². The summed E-state index contributed by atoms with van der Waals surface area (Å²) in [6, 6.07) is 7.65. The van der Waals surface area contributed by atoms with E-state index in [1.807, 2.05) is 38.1 Å². The first-order valence-electron chi connectivity index (χ1n) is 7.24. The third-order valence-corrected chi connectivity index (χ3v) is 4.15. The number of carboxylic acid groups (broad SMARTS) is 1. The van der Waals surface area contributed by atoms with E-state index in [-0.39, 0.29) is 18.0 Å². The molecule has 0 spiro atoms. The van der Waals surface area contributed by atoms with Crippen LogP contribution in [0.15, 0.2) is 24.3 Å². The molecule has 2 amide bonds. The number of hydrogen-bond acceptors (Lipinski definition) is 2. The Bertz CT molecular complexity index is 544. The number of amides is 2. The Labute approximate surface area is 125 Å². The van der Waals surface area contributed by atoms with Crippen LogP contribution in [0.4, 0.5) is 10.5 Å². The van der Waals surface area contributed by atoms with Crippen LogP contribution in [0.1, 0.15) is 25.3 Å². The van der Waals surface area contributed by atoms with E-state index in [9.17, 15) is 9.59 Å². The van der Waals surface area contributed by atoms with Gasteiger partial charge in [-0.15, -0.1) is 0 Å². The number of anilines is 1. The maximum absolute atomic E-state index is 12.6. The Morgan fingerprint density at radius 2 is 2.10 bits per heavy atom. The third kappa shape index (κ3) is 3.35. The second kappa shape index (κ2) is 6.16. The van der Waals surface area contributed by atoms with Gasteiger partial charge < -0.3 is 10.0 Å². The maximum atomic E-state index is 12.6. The van der Waals surface area contributed by atoms with Gasteiger partial charge in [-0.05, 0) is 44.4 Å². The van der Waals surface area contributed by atoms with Crippen LogP contribution in [0.2, 0.25) is 0 Å². The molecule has 1 aliphatic rings. The first kappa shape index (κ1) is 15.4. The highest BCUT2D eigenvalue weighted by Gasteiger charge is 2.33. The number of likely N-dealkylation sites (tertiary alicyclic amines) is 1. The van der Waals surface area contributed by atoms with Gasteiger partial charge in [-0.25, -0.2) is 4.79 Å². The summed E-state index contributed by atoms with van der Waals surface area (Å²) in [5.41, 5.74) is 1.96. The molecule has 1 heterocycles. The highest BCUT2D eigenvalue weighted by molar-refractivity contribution is 5.92. The van der Waals surface area contributed by atoms with Crippen molar-refractivity contribution in [3.63, 3.8) is 0 Å². The number of carbonyl (C=O) groups is 2. The van der Waals surface area contributed by atoms with E-state index < -0.39 is 5.97 Å². The van der Waals surface area contributed by atoms with Gasteiger partial charge in [-0.3, -0.25) is 9.69 Å². The van der Waals surface area contributed by atoms with E-state index in [1.54, 1.807) is 16.8 Å². The summed E-state index contributed by atoms with van der Waals surface area (Å²) in [5.74, 6) is -1.10. The van der Waals surface area contributed by atoms with Gasteiger partial charge in [0.05, 0.1) is 5.92 Å². The number of hydrogen-bond donors (Lipinski definition) is 1. The van der Waals surface area contributed by atoms with Gasteiger partial charge >= 0.3 is 12.0 Å². The molecule has 5 nitrogen and oxygen atoms in total. The molecular weight excluding hydrogens is 268 g/mol. The minimum absolute atomic E-state index is 0.0559. The molecule has 21 heavy (non-hydrogen) atoms. The molecule has 1 N–H and O–H groups in total. The Hall–Kier alpha value is -2.04. The molecule has 2 rings (SSSR count). The SMILES string of the molecule is Cc1cccc(N(C)C(=O)N2CCC(C(=O)O)CC2C)c1. The van der Waals surface area contributed by atoms with Crippen LogP contribution in [-0.2, 0) is 4.79 Å². The molecule has 1 fully saturated rings. The van der Waals surface area contributed by atoms with Crippen molar-refractivity contribution in [1.82, 2.24) is 4.90 Å². The summed E-state index contributed by atoms with van der Waals surface area (Å²) in [6.07, 6.45) is 1.04. The van der Waals surface area contributed by atoms with Crippen molar-refractivity contribution in [2.75, 3.05) is 18.5 Å². The van der Waals surface area contributed by atoms with Crippen LogP contribution in [0.3, 0.4) is 0 Å². The Morgan fingerprint density at radius 1 is 1.38 bits per heavy atom. The molecular formula is C16H22N2O3. The summed E-state index contributed by atoms with van der Waals surface area (Å²) in [7, 11) is 1.76. The average molecular weight is 290 g/mol. The summed E-state index contributed by atoms with van der Waals surface area (Å²) in [5, 5.41) is 9.08. The first-order chi connectivity index (χ1) is 9.90. The smallest absolute Gasteiger partial charge is 0.324 e. The standard InChI is InChI=1S/C16H22N2O3/c1-11-5-4-6-14(9-11)17(3)16(21)18-8-7-13(15(19)20)10-12(18)2/h4-6,9,12-13H,7-8,10H2,1-3H3,(H,19,20). The molecule has 1 aromatic carbocycles. The minimum Gasteiger partial charge on any atom is -0.481 e. The molecule has 0 aliphatic carbocycles. The quantitative estimate of drug-likeness (QED) is 0.911. The largest absolute Gasteiger partial charge is 0.481 e. The summed E-state index contributed by atoms with van der Waals surface area (Å²) in [6.45, 7) is 4.40. The van der Waals surface area contributed by atoms with Gasteiger partial charge in [0.2, 0.25) is 0 Å². The number of carbonyl (C=O) groups excluding carboxylic acids is 1. The van der Waals surface area contributed by atoms with Gasteiger partial charge in [-0.1, -0.05) is 12.1 Å². The lowest BCUT2D eigenvalue weighted by molar-refractivity contribution is -0.143. The molecule has 0 aromatic heterocycles. The van der Waals surface area contributed by atoms with E-state index in [2.05, 4.69) is 0 Å². The highest BCUT2D eigenvalue weighted by Crippen LogP contribution is 2.25. The number of nitrogens with zero attached hydrogens (tertiary/aromatic N) is 2. The molecule has 0 saturated carbocycles. The van der Waals surface area contributed by atoms with E-state index in [4.69, 9.17) is 5.11 Å². The average Bonchev–Trinajstić information content (AvgIpc) is 2.45. The second-order valence-corrected chi connectivity index (χ2v) is 5.78. The number of aryl methyl sites for hydroxylation is 1. The highest BCUT2D eigenvalue weighted by atomic mass is 16.4. The minimum atomic E-state index is -0.763. The van der Waals surface area contributed by atoms with Crippen molar-refractivity contribution < 1.29 is 14.7 Å². The lowest BCUT2D eigenvalue weighted by Gasteiger charge is -2.38. The number of urea groups is 1. The van der Waals surface area contributed by atoms with Gasteiger partial charge in [0.15, 0.2) is 0 Å². The van der Waals surface area contributed by atoms with Crippen molar-refractivity contribution in [3.8, 4) is 0 Å². The number of rotatable bonds is 2. The first-order valence-corrected chi connectivity index (χ1v) is 7.24. The second-order valence-electron chi connectivity index (χ2n) is 5.78. The summed E-state index contributed by atoms with van der Waals surface area (Å²) >= 11 is 0. The summed E-state index contributed by atoms with van der Waals surface area (Å²) in [4.78, 5) is 27.1. The maximum Gasteiger partial charge on any atom is 0.324 e. The van der Waals surface area contributed by atoms with Crippen molar-refractivity contribution >= 4 is 17.7 Å². The fraction of sp³-hybridized carbons (Fsp3) is 0.500. The van der Waals surface area contributed by atoms with Crippen molar-refractivity contribution in [2.24, 2.45) is 5.92 Å². The zero-order valence-corrected chi connectivity index (χ0v) is 12.7. The molecule has 0 radical (unpaired) electrons. The van der Waals surface area contributed by atoms with Crippen LogP contribution in [0.25, 0.3) is 0 Å². The lowest BCUT2D eigenvalue weighted by Crippen LogP contribution is -2.50. The fourth-order valence-electron chi connectivity index (χ4n) is 2.82. The number of carboxylic acids is 1. The number of benzene rings is 1. The zero-order chi connectivity index (χ0) is 15.6. The van der Waals surface area contributed by atoms with Gasteiger partial charge in [-0.2, -0.15) is 0 Å². The summed E-state index contributed by atoms with van der Waals surface area (Å²) < 4.78 is 0. The van der Waals surface area contributed by atoms with Crippen molar-refractivity contribution in [2.45, 2.75) is 32.7 Å². The van der Waals surface area contributed by atoms with Gasteiger partial charge in [0.25, 0.3) is 0 Å². The Morgan fingerprint density at radius 3 is 2.67 bits per heavy atom. The van der Waals surface area contributed by atoms with E-state index in [1.165, 1.54) is 0 Å². The van der Waals surface area contributed by atoms with Crippen molar-refractivity contribution in [1.29, 1.82) is 0 Å². The molecule has 0 bridgehead atoms. The predicted molar refractivity (Wildman–Crippen MR) is 81.5 cm³/mol. The van der Waals surface area contributed by atoms with Crippen LogP contribution >= 0.6 is 0 Å². The topological polar surface area (TPSA) is 60.9 Å². The van der Waals surface area contributed by atoms with Crippen LogP contribution in [0.5, 0.6) is 0 Å².